The SMILES string of the molecule is O=C(Nc1ccc(Cl)cc1)C1CN(c2nc3ccc(F)cc3s2)C1. The number of thiazole rings is 1. The molecule has 0 bridgehead atoms. The van der Waals surface area contributed by atoms with Crippen molar-refractivity contribution in [2.75, 3.05) is 23.3 Å². The molecule has 122 valence electrons. The van der Waals surface area contributed by atoms with Crippen molar-refractivity contribution in [3.05, 3.63) is 53.3 Å². The normalized spacial score (nSPS) is 14.7. The molecule has 0 radical (unpaired) electrons. The average molecular weight is 362 g/mol. The van der Waals surface area contributed by atoms with Crippen LogP contribution in [0.15, 0.2) is 42.5 Å². The van der Waals surface area contributed by atoms with Gasteiger partial charge < -0.3 is 10.2 Å². The number of fused-ring (bicyclic) bond motifs is 1. The van der Waals surface area contributed by atoms with Crippen LogP contribution in [0.1, 0.15) is 0 Å². The quantitative estimate of drug-likeness (QED) is 0.761. The lowest BCUT2D eigenvalue weighted by Gasteiger charge is -2.37. The number of carbonyl (C=O) groups excluding carboxylic acids is 1. The summed E-state index contributed by atoms with van der Waals surface area (Å²) in [7, 11) is 0. The summed E-state index contributed by atoms with van der Waals surface area (Å²) in [5, 5.41) is 4.35. The van der Waals surface area contributed by atoms with E-state index < -0.39 is 0 Å². The fourth-order valence-electron chi connectivity index (χ4n) is 2.60. The summed E-state index contributed by atoms with van der Waals surface area (Å²) in [6.07, 6.45) is 0. The van der Waals surface area contributed by atoms with Crippen LogP contribution in [-0.4, -0.2) is 24.0 Å². The van der Waals surface area contributed by atoms with Crippen molar-refractivity contribution >= 4 is 49.9 Å². The Morgan fingerprint density at radius 1 is 1.25 bits per heavy atom. The first kappa shape index (κ1) is 15.4. The van der Waals surface area contributed by atoms with Crippen LogP contribution in [0.2, 0.25) is 5.02 Å². The molecule has 1 fully saturated rings. The summed E-state index contributed by atoms with van der Waals surface area (Å²) in [5.41, 5.74) is 1.52. The van der Waals surface area contributed by atoms with Crippen molar-refractivity contribution in [2.24, 2.45) is 5.92 Å². The predicted molar refractivity (Wildman–Crippen MR) is 95.4 cm³/mol. The molecule has 0 spiro atoms. The number of amides is 1. The molecule has 1 aromatic heterocycles. The number of hydrogen-bond acceptors (Lipinski definition) is 4. The van der Waals surface area contributed by atoms with E-state index in [1.807, 2.05) is 4.90 Å². The minimum Gasteiger partial charge on any atom is -0.346 e. The van der Waals surface area contributed by atoms with Crippen molar-refractivity contribution in [3.63, 3.8) is 0 Å². The molecule has 4 rings (SSSR count). The molecule has 1 N–H and O–H groups in total. The fraction of sp³-hybridized carbons (Fsp3) is 0.176. The predicted octanol–water partition coefficient (Wildman–Crippen LogP) is 4.16. The summed E-state index contributed by atoms with van der Waals surface area (Å²) in [4.78, 5) is 18.8. The van der Waals surface area contributed by atoms with Gasteiger partial charge in [0.05, 0.1) is 16.1 Å². The van der Waals surface area contributed by atoms with E-state index in [2.05, 4.69) is 10.3 Å². The zero-order valence-corrected chi connectivity index (χ0v) is 14.1. The second kappa shape index (κ2) is 6.03. The third-order valence-corrected chi connectivity index (χ3v) is 5.30. The minimum absolute atomic E-state index is 0.0132. The van der Waals surface area contributed by atoms with Gasteiger partial charge in [0.1, 0.15) is 5.82 Å². The van der Waals surface area contributed by atoms with E-state index in [0.29, 0.717) is 18.1 Å². The lowest BCUT2D eigenvalue weighted by atomic mass is 10.00. The molecule has 2 aromatic carbocycles. The molecule has 7 heteroatoms. The Morgan fingerprint density at radius 2 is 2.00 bits per heavy atom. The molecule has 1 saturated heterocycles. The maximum absolute atomic E-state index is 13.2. The molecule has 0 atom stereocenters. The second-order valence-electron chi connectivity index (χ2n) is 5.71. The van der Waals surface area contributed by atoms with E-state index in [1.165, 1.54) is 23.5 Å². The third-order valence-electron chi connectivity index (χ3n) is 3.97. The molecule has 0 saturated carbocycles. The van der Waals surface area contributed by atoms with Gasteiger partial charge >= 0.3 is 0 Å². The third kappa shape index (κ3) is 2.95. The first-order valence-corrected chi connectivity index (χ1v) is 8.65. The van der Waals surface area contributed by atoms with Crippen molar-refractivity contribution in [1.82, 2.24) is 4.98 Å². The van der Waals surface area contributed by atoms with Gasteiger partial charge in [-0.2, -0.15) is 0 Å². The number of rotatable bonds is 3. The number of anilines is 2. The van der Waals surface area contributed by atoms with Gasteiger partial charge in [0.25, 0.3) is 0 Å². The number of nitrogens with zero attached hydrogens (tertiary/aromatic N) is 2. The number of halogens is 2. The van der Waals surface area contributed by atoms with Gasteiger partial charge in [-0.3, -0.25) is 4.79 Å². The van der Waals surface area contributed by atoms with Crippen molar-refractivity contribution in [2.45, 2.75) is 0 Å². The summed E-state index contributed by atoms with van der Waals surface area (Å²) in [6.45, 7) is 1.23. The van der Waals surface area contributed by atoms with Gasteiger partial charge in [0.2, 0.25) is 5.91 Å². The molecular formula is C17H13ClFN3OS. The minimum atomic E-state index is -0.262. The maximum atomic E-state index is 13.2. The Morgan fingerprint density at radius 3 is 2.75 bits per heavy atom. The number of nitrogens with one attached hydrogen (secondary N) is 1. The first-order chi connectivity index (χ1) is 11.6. The molecule has 0 unspecified atom stereocenters. The average Bonchev–Trinajstić information content (AvgIpc) is 2.90. The lowest BCUT2D eigenvalue weighted by molar-refractivity contribution is -0.120. The van der Waals surface area contributed by atoms with Crippen LogP contribution in [0.3, 0.4) is 0 Å². The molecule has 2 heterocycles. The summed E-state index contributed by atoms with van der Waals surface area (Å²) < 4.78 is 14.1. The van der Waals surface area contributed by atoms with Crippen molar-refractivity contribution in [1.29, 1.82) is 0 Å². The highest BCUT2D eigenvalue weighted by molar-refractivity contribution is 7.22. The van der Waals surface area contributed by atoms with E-state index in [4.69, 9.17) is 11.6 Å². The highest BCUT2D eigenvalue weighted by atomic mass is 35.5. The van der Waals surface area contributed by atoms with Crippen LogP contribution in [-0.2, 0) is 4.79 Å². The van der Waals surface area contributed by atoms with Crippen LogP contribution in [0, 0.1) is 11.7 Å². The van der Waals surface area contributed by atoms with E-state index in [9.17, 15) is 9.18 Å². The van der Waals surface area contributed by atoms with Gasteiger partial charge in [-0.15, -0.1) is 0 Å². The highest BCUT2D eigenvalue weighted by Gasteiger charge is 2.34. The number of carbonyl (C=O) groups is 1. The van der Waals surface area contributed by atoms with Crippen molar-refractivity contribution < 1.29 is 9.18 Å². The van der Waals surface area contributed by atoms with Gasteiger partial charge in [-0.25, -0.2) is 9.37 Å². The van der Waals surface area contributed by atoms with Gasteiger partial charge in [-0.05, 0) is 42.5 Å². The molecular weight excluding hydrogens is 349 g/mol. The van der Waals surface area contributed by atoms with E-state index in [0.717, 1.165) is 21.0 Å². The Balaban J connectivity index is 1.39. The van der Waals surface area contributed by atoms with Crippen LogP contribution >= 0.6 is 22.9 Å². The van der Waals surface area contributed by atoms with Gasteiger partial charge in [0, 0.05) is 23.8 Å². The molecule has 1 amide bonds. The zero-order valence-electron chi connectivity index (χ0n) is 12.5. The molecule has 1 aliphatic heterocycles. The Bertz CT molecular complexity index is 906. The number of benzene rings is 2. The number of aromatic nitrogens is 1. The maximum Gasteiger partial charge on any atom is 0.231 e. The van der Waals surface area contributed by atoms with Gasteiger partial charge in [0.15, 0.2) is 5.13 Å². The van der Waals surface area contributed by atoms with Crippen LogP contribution in [0.5, 0.6) is 0 Å². The van der Waals surface area contributed by atoms with Gasteiger partial charge in [-0.1, -0.05) is 22.9 Å². The van der Waals surface area contributed by atoms with E-state index >= 15 is 0 Å². The number of hydrogen-bond donors (Lipinski definition) is 1. The lowest BCUT2D eigenvalue weighted by Crippen LogP contribution is -2.52. The first-order valence-electron chi connectivity index (χ1n) is 7.46. The summed E-state index contributed by atoms with van der Waals surface area (Å²) in [6, 6.07) is 11.6. The Hall–Kier alpha value is -2.18. The topological polar surface area (TPSA) is 45.2 Å². The fourth-order valence-corrected chi connectivity index (χ4v) is 3.73. The smallest absolute Gasteiger partial charge is 0.231 e. The standard InChI is InChI=1S/C17H13ClFN3OS/c18-11-1-4-13(5-2-11)20-16(23)10-8-22(9-10)17-21-14-6-3-12(19)7-15(14)24-17/h1-7,10H,8-9H2,(H,20,23). The van der Waals surface area contributed by atoms with Crippen LogP contribution in [0.4, 0.5) is 15.2 Å². The second-order valence-corrected chi connectivity index (χ2v) is 7.15. The van der Waals surface area contributed by atoms with E-state index in [-0.39, 0.29) is 17.6 Å². The molecule has 4 nitrogen and oxygen atoms in total. The molecule has 1 aliphatic rings. The largest absolute Gasteiger partial charge is 0.346 e. The Labute approximate surface area is 146 Å². The monoisotopic (exact) mass is 361 g/mol. The van der Waals surface area contributed by atoms with Crippen molar-refractivity contribution in [3.8, 4) is 0 Å². The molecule has 3 aromatic rings. The molecule has 24 heavy (non-hydrogen) atoms. The van der Waals surface area contributed by atoms with Crippen LogP contribution in [0.25, 0.3) is 10.2 Å². The zero-order chi connectivity index (χ0) is 16.7. The Kier molecular flexibility index (Phi) is 3.86. The van der Waals surface area contributed by atoms with Crippen LogP contribution < -0.4 is 10.2 Å². The highest BCUT2D eigenvalue weighted by Crippen LogP contribution is 2.33. The molecule has 0 aliphatic carbocycles. The summed E-state index contributed by atoms with van der Waals surface area (Å²) in [5.74, 6) is -0.355. The summed E-state index contributed by atoms with van der Waals surface area (Å²) >= 11 is 7.27. The van der Waals surface area contributed by atoms with E-state index in [1.54, 1.807) is 30.3 Å².